The van der Waals surface area contributed by atoms with Crippen LogP contribution >= 0.6 is 0 Å². The summed E-state index contributed by atoms with van der Waals surface area (Å²) in [6.45, 7) is 0. The van der Waals surface area contributed by atoms with E-state index in [4.69, 9.17) is 0 Å². The van der Waals surface area contributed by atoms with Gasteiger partial charge in [0.1, 0.15) is 23.0 Å². The van der Waals surface area contributed by atoms with Crippen molar-refractivity contribution in [2.75, 3.05) is 0 Å². The number of benzene rings is 1. The third kappa shape index (κ3) is 4.99. The number of nitrogens with zero attached hydrogens (tertiary/aromatic N) is 2. The average molecular weight is 425 g/mol. The van der Waals surface area contributed by atoms with Crippen LogP contribution in [-0.2, 0) is 0 Å². The first kappa shape index (κ1) is 21.0. The Hall–Kier alpha value is -3.76. The molecule has 2 aromatic heterocycles. The van der Waals surface area contributed by atoms with Crippen molar-refractivity contribution >= 4 is 5.91 Å². The molecule has 0 unspecified atom stereocenters. The second-order valence-electron chi connectivity index (χ2n) is 5.92. The SMILES string of the molecule is O=C(N[C@@H](c1ccc(OC(F)(F)F)c(F)c1)c1ncccc1F)c1ccc(O)cn1. The van der Waals surface area contributed by atoms with Gasteiger partial charge in [0.05, 0.1) is 12.2 Å². The Bertz CT molecular complexity index is 1060. The Morgan fingerprint density at radius 2 is 1.83 bits per heavy atom. The Balaban J connectivity index is 1.98. The summed E-state index contributed by atoms with van der Waals surface area (Å²) < 4.78 is 69.1. The van der Waals surface area contributed by atoms with Crippen LogP contribution in [0.4, 0.5) is 22.0 Å². The molecule has 0 bridgehead atoms. The van der Waals surface area contributed by atoms with Crippen molar-refractivity contribution in [1.29, 1.82) is 0 Å². The molecular weight excluding hydrogens is 413 g/mol. The molecule has 30 heavy (non-hydrogen) atoms. The van der Waals surface area contributed by atoms with E-state index in [1.54, 1.807) is 0 Å². The van der Waals surface area contributed by atoms with Crippen LogP contribution in [0.3, 0.4) is 0 Å². The van der Waals surface area contributed by atoms with Crippen molar-refractivity contribution in [3.8, 4) is 11.5 Å². The number of hydrogen-bond acceptors (Lipinski definition) is 5. The standard InChI is InChI=1S/C19H12F5N3O3/c20-12-2-1-7-25-17(12)16(27-18(29)14-5-4-11(28)9-26-14)10-3-6-15(13(21)8-10)30-19(22,23)24/h1-9,16,28H,(H,27,29)/t16-/m0/s1. The van der Waals surface area contributed by atoms with Gasteiger partial charge in [-0.2, -0.15) is 0 Å². The smallest absolute Gasteiger partial charge is 0.506 e. The lowest BCUT2D eigenvalue weighted by molar-refractivity contribution is -0.275. The molecule has 0 saturated carbocycles. The van der Waals surface area contributed by atoms with Gasteiger partial charge >= 0.3 is 6.36 Å². The molecule has 0 radical (unpaired) electrons. The number of nitrogens with one attached hydrogen (secondary N) is 1. The zero-order valence-corrected chi connectivity index (χ0v) is 14.8. The van der Waals surface area contributed by atoms with Crippen LogP contribution in [0.1, 0.15) is 27.8 Å². The van der Waals surface area contributed by atoms with E-state index in [9.17, 15) is 31.9 Å². The Morgan fingerprint density at radius 1 is 1.07 bits per heavy atom. The number of alkyl halides is 3. The van der Waals surface area contributed by atoms with Gasteiger partial charge in [-0.3, -0.25) is 9.78 Å². The number of pyridine rings is 2. The lowest BCUT2D eigenvalue weighted by Gasteiger charge is -2.20. The second kappa shape index (κ2) is 8.31. The van der Waals surface area contributed by atoms with Gasteiger partial charge < -0.3 is 15.2 Å². The lowest BCUT2D eigenvalue weighted by atomic mass is 10.0. The molecule has 0 saturated heterocycles. The minimum absolute atomic E-state index is 0.0910. The molecule has 156 valence electrons. The predicted molar refractivity (Wildman–Crippen MR) is 92.5 cm³/mol. The van der Waals surface area contributed by atoms with Gasteiger partial charge in [-0.05, 0) is 42.0 Å². The first-order valence-electron chi connectivity index (χ1n) is 8.25. The Kier molecular flexibility index (Phi) is 5.81. The van der Waals surface area contributed by atoms with Crippen LogP contribution < -0.4 is 10.1 Å². The topological polar surface area (TPSA) is 84.3 Å². The van der Waals surface area contributed by atoms with E-state index in [1.165, 1.54) is 24.4 Å². The van der Waals surface area contributed by atoms with Gasteiger partial charge in [-0.1, -0.05) is 6.07 Å². The molecule has 6 nitrogen and oxygen atoms in total. The van der Waals surface area contributed by atoms with E-state index < -0.39 is 35.7 Å². The summed E-state index contributed by atoms with van der Waals surface area (Å²) in [4.78, 5) is 20.1. The summed E-state index contributed by atoms with van der Waals surface area (Å²) in [6.07, 6.45) is -2.87. The molecule has 0 aliphatic carbocycles. The third-order valence-corrected chi connectivity index (χ3v) is 3.83. The average Bonchev–Trinajstić information content (AvgIpc) is 2.68. The first-order valence-corrected chi connectivity index (χ1v) is 8.25. The molecule has 0 aliphatic heterocycles. The molecule has 11 heteroatoms. The number of rotatable bonds is 5. The molecule has 2 heterocycles. The van der Waals surface area contributed by atoms with Gasteiger partial charge in [0.15, 0.2) is 11.6 Å². The van der Waals surface area contributed by atoms with Gasteiger partial charge in [0.2, 0.25) is 0 Å². The summed E-state index contributed by atoms with van der Waals surface area (Å²) in [5, 5.41) is 11.7. The summed E-state index contributed by atoms with van der Waals surface area (Å²) in [6, 6.07) is 5.79. The van der Waals surface area contributed by atoms with Crippen molar-refractivity contribution in [2.24, 2.45) is 0 Å². The van der Waals surface area contributed by atoms with Crippen LogP contribution in [0.5, 0.6) is 11.5 Å². The van der Waals surface area contributed by atoms with Crippen molar-refractivity contribution in [1.82, 2.24) is 15.3 Å². The highest BCUT2D eigenvalue weighted by Crippen LogP contribution is 2.30. The van der Waals surface area contributed by atoms with Crippen LogP contribution in [0.15, 0.2) is 54.9 Å². The van der Waals surface area contributed by atoms with E-state index in [1.807, 2.05) is 0 Å². The zero-order valence-electron chi connectivity index (χ0n) is 14.8. The summed E-state index contributed by atoms with van der Waals surface area (Å²) >= 11 is 0. The fourth-order valence-electron chi connectivity index (χ4n) is 2.55. The number of carbonyl (C=O) groups excluding carboxylic acids is 1. The van der Waals surface area contributed by atoms with Gasteiger partial charge in [-0.25, -0.2) is 13.8 Å². The van der Waals surface area contributed by atoms with Crippen LogP contribution in [0.2, 0.25) is 0 Å². The monoisotopic (exact) mass is 425 g/mol. The maximum absolute atomic E-state index is 14.3. The minimum atomic E-state index is -5.10. The summed E-state index contributed by atoms with van der Waals surface area (Å²) in [5.41, 5.74) is -0.535. The minimum Gasteiger partial charge on any atom is -0.506 e. The van der Waals surface area contributed by atoms with Crippen LogP contribution in [0.25, 0.3) is 0 Å². The van der Waals surface area contributed by atoms with Crippen LogP contribution in [0, 0.1) is 11.6 Å². The summed E-state index contributed by atoms with van der Waals surface area (Å²) in [7, 11) is 0. The maximum atomic E-state index is 14.3. The number of aromatic hydroxyl groups is 1. The molecule has 0 fully saturated rings. The fraction of sp³-hybridized carbons (Fsp3) is 0.105. The molecule has 1 aromatic carbocycles. The number of ether oxygens (including phenoxy) is 1. The predicted octanol–water partition coefficient (Wildman–Crippen LogP) is 3.88. The zero-order chi connectivity index (χ0) is 21.9. The number of aromatic nitrogens is 2. The first-order chi connectivity index (χ1) is 14.1. The van der Waals surface area contributed by atoms with Gasteiger partial charge in [-0.15, -0.1) is 13.2 Å². The molecule has 3 rings (SSSR count). The number of carbonyl (C=O) groups is 1. The van der Waals surface area contributed by atoms with Crippen molar-refractivity contribution in [3.05, 3.63) is 83.4 Å². The Morgan fingerprint density at radius 3 is 2.43 bits per heavy atom. The summed E-state index contributed by atoms with van der Waals surface area (Å²) in [5.74, 6) is -4.30. The van der Waals surface area contributed by atoms with E-state index in [0.717, 1.165) is 18.3 Å². The van der Waals surface area contributed by atoms with Gasteiger partial charge in [0, 0.05) is 6.20 Å². The van der Waals surface area contributed by atoms with Crippen LogP contribution in [-0.4, -0.2) is 27.3 Å². The highest BCUT2D eigenvalue weighted by Gasteiger charge is 2.33. The quantitative estimate of drug-likeness (QED) is 0.607. The van der Waals surface area contributed by atoms with Crippen molar-refractivity contribution in [2.45, 2.75) is 12.4 Å². The maximum Gasteiger partial charge on any atom is 0.573 e. The third-order valence-electron chi connectivity index (χ3n) is 3.83. The van der Waals surface area contributed by atoms with Gasteiger partial charge in [0.25, 0.3) is 5.91 Å². The molecule has 0 aliphatic rings. The number of hydrogen-bond donors (Lipinski definition) is 2. The molecular formula is C19H12F5N3O3. The lowest BCUT2D eigenvalue weighted by Crippen LogP contribution is -2.31. The number of halogens is 5. The van der Waals surface area contributed by atoms with E-state index in [0.29, 0.717) is 12.1 Å². The fourth-order valence-corrected chi connectivity index (χ4v) is 2.55. The van der Waals surface area contributed by atoms with E-state index in [-0.39, 0.29) is 22.7 Å². The Labute approximate surface area is 166 Å². The van der Waals surface area contributed by atoms with E-state index in [2.05, 4.69) is 20.0 Å². The number of amides is 1. The van der Waals surface area contributed by atoms with Crippen molar-refractivity contribution in [3.63, 3.8) is 0 Å². The second-order valence-corrected chi connectivity index (χ2v) is 5.92. The molecule has 3 aromatic rings. The molecule has 1 atom stereocenters. The molecule has 1 amide bonds. The molecule has 0 spiro atoms. The largest absolute Gasteiger partial charge is 0.573 e. The highest BCUT2D eigenvalue weighted by molar-refractivity contribution is 5.92. The normalized spacial score (nSPS) is 12.3. The molecule has 2 N–H and O–H groups in total. The highest BCUT2D eigenvalue weighted by atomic mass is 19.4. The van der Waals surface area contributed by atoms with Crippen molar-refractivity contribution < 1.29 is 36.6 Å². The van der Waals surface area contributed by atoms with E-state index >= 15 is 0 Å².